The van der Waals surface area contributed by atoms with Gasteiger partial charge in [0.15, 0.2) is 56.3 Å². The van der Waals surface area contributed by atoms with Crippen molar-refractivity contribution >= 4 is 94.7 Å². The van der Waals surface area contributed by atoms with E-state index in [2.05, 4.69) is 0 Å². The van der Waals surface area contributed by atoms with Crippen molar-refractivity contribution in [3.05, 3.63) is 311 Å². The van der Waals surface area contributed by atoms with Gasteiger partial charge in [0.25, 0.3) is 0 Å². The standard InChI is InChI=1S/C70H44F15IO9S7/c1-37-13-5-9-17-49(37)98(50-18-10-6-14-38(50)2,94-101(89,90)69-64(82)58(76)54(72)59(77)65(69)83)47-33-29-45(30-34-47)96-43-25-21-41(22-26-43)86(93-100(87,88)68-62(80)56(74)53(71)57(75)63(68)81)42-23-27-44(28-24-42)97-46-31-35-48(36-32-46)99(51-19-11-7-15-39(51)3,52-20-12-8-16-40(52)4)95-102(91,92)70-66(84)60(78)55(73)61(79)67(70)85/h5-36H,1-4H3. The normalized spacial score (nSPS) is 12.8. The summed E-state index contributed by atoms with van der Waals surface area (Å²) in [4.78, 5) is -4.54. The minimum Gasteiger partial charge on any atom is -0.0619 e. The van der Waals surface area contributed by atoms with E-state index < -0.39 is 173 Å². The van der Waals surface area contributed by atoms with Crippen molar-refractivity contribution in [3.63, 3.8) is 0 Å². The maximum atomic E-state index is 15.5. The molecule has 0 spiro atoms. The van der Waals surface area contributed by atoms with Gasteiger partial charge in [0.2, 0.25) is 11.6 Å². The van der Waals surface area contributed by atoms with E-state index in [4.69, 9.17) is 9.77 Å². The van der Waals surface area contributed by atoms with E-state index in [0.717, 1.165) is 23.5 Å². The molecule has 0 saturated carbocycles. The second-order valence-corrected chi connectivity index (χ2v) is 39.1. The predicted octanol–water partition coefficient (Wildman–Crippen LogP) is 21.4. The van der Waals surface area contributed by atoms with Crippen molar-refractivity contribution in [2.24, 2.45) is 0 Å². The van der Waals surface area contributed by atoms with Crippen molar-refractivity contribution in [2.45, 2.75) is 91.3 Å². The smallest absolute Gasteiger partial charge is 0.0619 e. The Kier molecular flexibility index (Phi) is 21.7. The Bertz CT molecular complexity index is 5050. The fourth-order valence-electron chi connectivity index (χ4n) is 10.5. The van der Waals surface area contributed by atoms with Gasteiger partial charge in [-0.3, -0.25) is 0 Å². The van der Waals surface area contributed by atoms with Crippen molar-refractivity contribution in [2.75, 3.05) is 0 Å². The minimum absolute atomic E-state index is 0.0447. The topological polar surface area (TPSA) is 130 Å². The molecule has 102 heavy (non-hydrogen) atoms. The first-order valence-electron chi connectivity index (χ1n) is 28.9. The fraction of sp³-hybridized carbons (Fsp3) is 0.0571. The Hall–Kier alpha value is -7.77. The van der Waals surface area contributed by atoms with E-state index in [1.165, 1.54) is 146 Å². The number of hydrogen-bond donors (Lipinski definition) is 0. The third kappa shape index (κ3) is 13.9. The number of halogens is 16. The first-order valence-corrected chi connectivity index (χ1v) is 41.0. The summed E-state index contributed by atoms with van der Waals surface area (Å²) in [7, 11) is -25.4. The molecule has 11 rings (SSSR count). The van der Waals surface area contributed by atoms with Gasteiger partial charge >= 0.3 is 369 Å². The Balaban J connectivity index is 0.939. The summed E-state index contributed by atoms with van der Waals surface area (Å²) in [6.45, 7) is 6.30. The summed E-state index contributed by atoms with van der Waals surface area (Å²) in [5, 5.41) is 0. The van der Waals surface area contributed by atoms with E-state index in [1.54, 1.807) is 76.2 Å². The molecule has 0 atom stereocenters. The zero-order chi connectivity index (χ0) is 73.9. The predicted molar refractivity (Wildman–Crippen MR) is 358 cm³/mol. The van der Waals surface area contributed by atoms with E-state index in [1.807, 2.05) is 0 Å². The van der Waals surface area contributed by atoms with E-state index in [-0.39, 0.29) is 36.5 Å². The maximum absolute atomic E-state index is 15.5. The van der Waals surface area contributed by atoms with Gasteiger partial charge < -0.3 is 0 Å². The summed E-state index contributed by atoms with van der Waals surface area (Å²) in [6.07, 6.45) is 0. The Labute approximate surface area is 593 Å². The van der Waals surface area contributed by atoms with Crippen LogP contribution in [0.4, 0.5) is 65.9 Å². The van der Waals surface area contributed by atoms with Crippen molar-refractivity contribution in [3.8, 4) is 0 Å². The Morgan fingerprint density at radius 1 is 0.265 bits per heavy atom. The number of rotatable bonds is 21. The summed E-state index contributed by atoms with van der Waals surface area (Å²) in [5.74, 6) is -39.3. The first kappa shape index (κ1) is 75.4. The molecule has 0 aliphatic carbocycles. The first-order chi connectivity index (χ1) is 48.2. The zero-order valence-electron chi connectivity index (χ0n) is 52.1. The van der Waals surface area contributed by atoms with Crippen LogP contribution < -0.4 is 0 Å². The molecule has 0 N–H and O–H groups in total. The van der Waals surface area contributed by atoms with Crippen LogP contribution in [0.2, 0.25) is 0 Å². The third-order valence-electron chi connectivity index (χ3n) is 15.2. The Morgan fingerprint density at radius 3 is 0.706 bits per heavy atom. The van der Waals surface area contributed by atoms with Crippen molar-refractivity contribution in [1.82, 2.24) is 0 Å². The molecule has 532 valence electrons. The van der Waals surface area contributed by atoms with Crippen LogP contribution in [0.1, 0.15) is 22.3 Å². The summed E-state index contributed by atoms with van der Waals surface area (Å²) < 4.78 is 326. The van der Waals surface area contributed by atoms with Crippen LogP contribution >= 0.6 is 64.4 Å². The monoisotopic (exact) mass is 1660 g/mol. The van der Waals surface area contributed by atoms with Gasteiger partial charge in [-0.15, -0.1) is 0 Å². The molecule has 0 aliphatic rings. The van der Waals surface area contributed by atoms with Crippen LogP contribution in [0.3, 0.4) is 0 Å². The molecule has 0 aliphatic heterocycles. The van der Waals surface area contributed by atoms with E-state index >= 15 is 26.3 Å². The molecule has 0 heterocycles. The van der Waals surface area contributed by atoms with Gasteiger partial charge in [0.1, 0.15) is 0 Å². The molecule has 0 aromatic heterocycles. The van der Waals surface area contributed by atoms with Crippen LogP contribution in [0, 0.1) is 122 Å². The van der Waals surface area contributed by atoms with Gasteiger partial charge in [0.05, 0.1) is 0 Å². The molecule has 0 amide bonds. The van der Waals surface area contributed by atoms with Crippen LogP contribution in [0.25, 0.3) is 0 Å². The molecular weight excluding hydrogens is 1620 g/mol. The molecule has 0 radical (unpaired) electrons. The van der Waals surface area contributed by atoms with Crippen LogP contribution in [-0.2, 0) is 40.1 Å². The van der Waals surface area contributed by atoms with Gasteiger partial charge in [0, 0.05) is 0 Å². The van der Waals surface area contributed by atoms with Gasteiger partial charge in [-0.1, -0.05) is 72.8 Å². The second-order valence-electron chi connectivity index (χ2n) is 21.7. The second kappa shape index (κ2) is 29.4. The molecule has 9 nitrogen and oxygen atoms in total. The molecule has 11 aromatic carbocycles. The quantitative estimate of drug-likeness (QED) is 0.0295. The Morgan fingerprint density at radius 2 is 0.471 bits per heavy atom. The van der Waals surface area contributed by atoms with E-state index in [9.17, 15) is 64.8 Å². The van der Waals surface area contributed by atoms with Gasteiger partial charge in [-0.05, 0) is 27.7 Å². The average molecular weight is 1670 g/mol. The molecule has 0 unspecified atom stereocenters. The molecule has 11 aromatic rings. The van der Waals surface area contributed by atoms with Crippen molar-refractivity contribution in [1.29, 1.82) is 0 Å². The number of benzene rings is 11. The van der Waals surface area contributed by atoms with Crippen LogP contribution in [-0.4, -0.2) is 25.3 Å². The van der Waals surface area contributed by atoms with Crippen molar-refractivity contribution < 1.29 is 101 Å². The van der Waals surface area contributed by atoms with E-state index in [0.29, 0.717) is 41.8 Å². The van der Waals surface area contributed by atoms with Crippen LogP contribution in [0.15, 0.2) is 258 Å². The average Bonchev–Trinajstić information content (AvgIpc) is 0.729. The number of aryl methyl sites for hydroxylation is 4. The zero-order valence-corrected chi connectivity index (χ0v) is 59.9. The fourth-order valence-corrected chi connectivity index (χ4v) is 30.5. The van der Waals surface area contributed by atoms with Gasteiger partial charge in [-0.25, -0.2) is 43.9 Å². The molecule has 0 fully saturated rings. The molecule has 0 bridgehead atoms. The van der Waals surface area contributed by atoms with Crippen LogP contribution in [0.5, 0.6) is 0 Å². The molecular formula is C70H44F15IO9S7. The molecule has 32 heteroatoms. The third-order valence-corrected chi connectivity index (χ3v) is 35.6. The minimum atomic E-state index is -5.95. The van der Waals surface area contributed by atoms with Gasteiger partial charge in [-0.2, -0.15) is 16.8 Å². The summed E-state index contributed by atoms with van der Waals surface area (Å²) in [5.41, 5.74) is 1.52. The summed E-state index contributed by atoms with van der Waals surface area (Å²) in [6, 6.07) is 47.4. The SMILES string of the molecule is Cc1ccccc1S(OS(=O)(=O)c1c(F)c(F)c(F)c(F)c1F)(c1ccc(Sc2ccc(I(OS(=O)(=O)c3c(F)c(F)c(F)c(F)c3F)c3ccc(Sc4ccc(S(OS(=O)(=O)c5c(F)c(F)c(F)c(F)c5F)(c5ccccc5C)c5ccccc5C)cc4)cc3)cc2)cc1)c1ccccc1C. The molecule has 0 saturated heterocycles. The summed E-state index contributed by atoms with van der Waals surface area (Å²) >= 11 is -2.13. The number of hydrogen-bond acceptors (Lipinski definition) is 11.